The molecule has 0 aliphatic heterocycles. The maximum Gasteiger partial charge on any atom is 0.244 e. The Morgan fingerprint density at radius 2 is 2.00 bits per heavy atom. The van der Waals surface area contributed by atoms with Crippen LogP contribution < -0.4 is 11.1 Å². The average molecular weight is 368 g/mol. The van der Waals surface area contributed by atoms with Gasteiger partial charge in [0.05, 0.1) is 0 Å². The van der Waals surface area contributed by atoms with E-state index in [-0.39, 0.29) is 24.4 Å². The summed E-state index contributed by atoms with van der Waals surface area (Å²) in [4.78, 5) is 12.2. The zero-order chi connectivity index (χ0) is 13.8. The first-order valence-corrected chi connectivity index (χ1v) is 7.91. The Morgan fingerprint density at radius 1 is 1.47 bits per heavy atom. The van der Waals surface area contributed by atoms with Gasteiger partial charge in [-0.15, -0.1) is 12.4 Å². The van der Waals surface area contributed by atoms with Gasteiger partial charge in [-0.3, -0.25) is 4.79 Å². The molecular formula is C13H20BrClN2OS. The molecule has 1 rings (SSSR count). The van der Waals surface area contributed by atoms with Gasteiger partial charge in [-0.05, 0) is 37.8 Å². The predicted octanol–water partition coefficient (Wildman–Crippen LogP) is 2.91. The number of thioether (sulfide) groups is 1. The molecule has 19 heavy (non-hydrogen) atoms. The van der Waals surface area contributed by atoms with E-state index in [9.17, 15) is 4.79 Å². The van der Waals surface area contributed by atoms with Crippen molar-refractivity contribution in [2.24, 2.45) is 5.73 Å². The number of rotatable bonds is 5. The fourth-order valence-corrected chi connectivity index (χ4v) is 2.44. The smallest absolute Gasteiger partial charge is 0.244 e. The molecule has 1 amide bonds. The van der Waals surface area contributed by atoms with Crippen LogP contribution in [0.5, 0.6) is 0 Å². The number of carbonyl (C=O) groups excluding carboxylic acids is 1. The van der Waals surface area contributed by atoms with Gasteiger partial charge >= 0.3 is 0 Å². The lowest BCUT2D eigenvalue weighted by atomic mass is 9.92. The van der Waals surface area contributed by atoms with Crippen molar-refractivity contribution < 1.29 is 4.79 Å². The van der Waals surface area contributed by atoms with Crippen molar-refractivity contribution in [3.8, 4) is 0 Å². The zero-order valence-corrected chi connectivity index (χ0v) is 14.5. The van der Waals surface area contributed by atoms with Crippen LogP contribution in [0.1, 0.15) is 19.4 Å². The average Bonchev–Trinajstić information content (AvgIpc) is 2.29. The Bertz CT molecular complexity index is 412. The summed E-state index contributed by atoms with van der Waals surface area (Å²) in [7, 11) is 0. The van der Waals surface area contributed by atoms with Gasteiger partial charge in [0.2, 0.25) is 5.91 Å². The van der Waals surface area contributed by atoms with Gasteiger partial charge in [0.1, 0.15) is 5.54 Å². The lowest BCUT2D eigenvalue weighted by Gasteiger charge is -2.26. The van der Waals surface area contributed by atoms with Gasteiger partial charge in [0, 0.05) is 16.3 Å². The highest BCUT2D eigenvalue weighted by molar-refractivity contribution is 9.10. The van der Waals surface area contributed by atoms with Crippen LogP contribution in [0, 0.1) is 0 Å². The molecule has 0 saturated carbocycles. The number of benzene rings is 1. The third kappa shape index (κ3) is 5.34. The molecule has 0 aliphatic rings. The quantitative estimate of drug-likeness (QED) is 0.841. The minimum atomic E-state index is -1.01. The third-order valence-corrected chi connectivity index (χ3v) is 4.07. The van der Waals surface area contributed by atoms with Gasteiger partial charge in [-0.2, -0.15) is 11.8 Å². The van der Waals surface area contributed by atoms with Crippen molar-refractivity contribution in [3.63, 3.8) is 0 Å². The molecule has 3 nitrogen and oxygen atoms in total. The number of nitrogens with one attached hydrogen (secondary N) is 1. The van der Waals surface area contributed by atoms with E-state index in [1.165, 1.54) is 0 Å². The molecule has 2 unspecified atom stereocenters. The second-order valence-electron chi connectivity index (χ2n) is 4.54. The fourth-order valence-electron chi connectivity index (χ4n) is 1.59. The molecule has 0 heterocycles. The van der Waals surface area contributed by atoms with Crippen LogP contribution in [-0.4, -0.2) is 24.0 Å². The molecular weight excluding hydrogens is 348 g/mol. The Kier molecular flexibility index (Phi) is 8.05. The van der Waals surface area contributed by atoms with Gasteiger partial charge in [-0.25, -0.2) is 0 Å². The zero-order valence-electron chi connectivity index (χ0n) is 11.3. The van der Waals surface area contributed by atoms with Crippen LogP contribution >= 0.6 is 40.1 Å². The van der Waals surface area contributed by atoms with Crippen LogP contribution in [0.4, 0.5) is 0 Å². The summed E-state index contributed by atoms with van der Waals surface area (Å²) in [6.07, 6.45) is 2.01. The van der Waals surface area contributed by atoms with Gasteiger partial charge in [-0.1, -0.05) is 28.1 Å². The molecule has 6 heteroatoms. The van der Waals surface area contributed by atoms with Gasteiger partial charge < -0.3 is 11.1 Å². The highest BCUT2D eigenvalue weighted by Gasteiger charge is 2.31. The van der Waals surface area contributed by atoms with Crippen molar-refractivity contribution in [1.82, 2.24) is 5.32 Å². The molecule has 0 aliphatic carbocycles. The molecule has 0 spiro atoms. The molecule has 1 aromatic carbocycles. The van der Waals surface area contributed by atoms with Crippen molar-refractivity contribution in [2.75, 3.05) is 12.0 Å². The first-order chi connectivity index (χ1) is 8.37. The number of hydrogen-bond donors (Lipinski definition) is 2. The third-order valence-electron chi connectivity index (χ3n) is 2.71. The summed E-state index contributed by atoms with van der Waals surface area (Å²) >= 11 is 5.06. The van der Waals surface area contributed by atoms with Gasteiger partial charge in [0.25, 0.3) is 0 Å². The fraction of sp³-hybridized carbons (Fsp3) is 0.462. The maximum absolute atomic E-state index is 12.2. The maximum atomic E-state index is 12.2. The van der Waals surface area contributed by atoms with Crippen LogP contribution in [0.15, 0.2) is 28.7 Å². The summed E-state index contributed by atoms with van der Waals surface area (Å²) in [6.45, 7) is 3.71. The summed E-state index contributed by atoms with van der Waals surface area (Å²) in [5.41, 5.74) is 5.94. The van der Waals surface area contributed by atoms with Crippen molar-refractivity contribution >= 4 is 46.0 Å². The molecule has 108 valence electrons. The van der Waals surface area contributed by atoms with Crippen molar-refractivity contribution in [1.29, 1.82) is 0 Å². The van der Waals surface area contributed by atoms with E-state index in [0.29, 0.717) is 0 Å². The molecule has 3 N–H and O–H groups in total. The molecule has 0 radical (unpaired) electrons. The summed E-state index contributed by atoms with van der Waals surface area (Å²) in [5, 5.41) is 2.94. The van der Waals surface area contributed by atoms with E-state index < -0.39 is 5.54 Å². The molecule has 0 saturated heterocycles. The second kappa shape index (κ2) is 8.15. The lowest BCUT2D eigenvalue weighted by molar-refractivity contribution is -0.126. The van der Waals surface area contributed by atoms with E-state index in [4.69, 9.17) is 5.73 Å². The Labute approximate surface area is 133 Å². The van der Waals surface area contributed by atoms with Crippen molar-refractivity contribution in [2.45, 2.75) is 25.4 Å². The highest BCUT2D eigenvalue weighted by Crippen LogP contribution is 2.20. The highest BCUT2D eigenvalue weighted by atomic mass is 79.9. The molecule has 0 aromatic heterocycles. The second-order valence-corrected chi connectivity index (χ2v) is 6.37. The molecule has 1 aromatic rings. The first-order valence-electron chi connectivity index (χ1n) is 5.72. The number of hydrogen-bond acceptors (Lipinski definition) is 3. The van der Waals surface area contributed by atoms with E-state index in [0.717, 1.165) is 15.8 Å². The monoisotopic (exact) mass is 366 g/mol. The largest absolute Gasteiger partial charge is 0.351 e. The molecule has 0 bridgehead atoms. The van der Waals surface area contributed by atoms with Crippen LogP contribution in [0.3, 0.4) is 0 Å². The minimum Gasteiger partial charge on any atom is -0.351 e. The first kappa shape index (κ1) is 18.8. The SMILES string of the molecule is CSCC(C)NC(=O)C(C)(N)c1ccc(Br)cc1.Cl. The lowest BCUT2D eigenvalue weighted by Crippen LogP contribution is -2.51. The standard InChI is InChI=1S/C13H19BrN2OS.ClH/c1-9(8-18-3)16-12(17)13(2,15)10-4-6-11(14)7-5-10;/h4-7,9H,8,15H2,1-3H3,(H,16,17);1H. The number of halogens is 2. The van der Waals surface area contributed by atoms with Crippen LogP contribution in [0.2, 0.25) is 0 Å². The van der Waals surface area contributed by atoms with E-state index in [2.05, 4.69) is 21.2 Å². The minimum absolute atomic E-state index is 0. The number of nitrogens with two attached hydrogens (primary N) is 1. The van der Waals surface area contributed by atoms with E-state index in [1.807, 2.05) is 37.4 Å². The number of amides is 1. The van der Waals surface area contributed by atoms with Crippen molar-refractivity contribution in [3.05, 3.63) is 34.3 Å². The van der Waals surface area contributed by atoms with E-state index in [1.54, 1.807) is 18.7 Å². The van der Waals surface area contributed by atoms with Crippen LogP contribution in [0.25, 0.3) is 0 Å². The summed E-state index contributed by atoms with van der Waals surface area (Å²) in [6, 6.07) is 7.62. The molecule has 0 fully saturated rings. The predicted molar refractivity (Wildman–Crippen MR) is 88.9 cm³/mol. The summed E-state index contributed by atoms with van der Waals surface area (Å²) < 4.78 is 0.971. The Hall–Kier alpha value is -0.230. The van der Waals surface area contributed by atoms with E-state index >= 15 is 0 Å². The Balaban J connectivity index is 0.00000324. The molecule has 2 atom stereocenters. The normalized spacial score (nSPS) is 15.0. The Morgan fingerprint density at radius 3 is 2.47 bits per heavy atom. The van der Waals surface area contributed by atoms with Crippen LogP contribution in [-0.2, 0) is 10.3 Å². The number of carbonyl (C=O) groups is 1. The summed E-state index contributed by atoms with van der Waals surface area (Å²) in [5.74, 6) is 0.730. The van der Waals surface area contributed by atoms with Gasteiger partial charge in [0.15, 0.2) is 0 Å². The topological polar surface area (TPSA) is 55.1 Å².